The molecule has 5 rings (SSSR count). The summed E-state index contributed by atoms with van der Waals surface area (Å²) in [5.74, 6) is 1.60. The number of allylic oxidation sites excluding steroid dienone is 2. The summed E-state index contributed by atoms with van der Waals surface area (Å²) in [5, 5.41) is 18.1. The molecule has 5 aliphatic rings. The Hall–Kier alpha value is -1.67. The number of aliphatic hydroxyl groups excluding tert-OH is 1. The Labute approximate surface area is 236 Å². The molecule has 218 valence electrons. The Balaban J connectivity index is 1.33. The fourth-order valence-corrected chi connectivity index (χ4v) is 8.20. The number of likely N-dealkylation sites (tertiary alicyclic amines) is 1. The maximum atomic E-state index is 12.7. The van der Waals surface area contributed by atoms with Crippen LogP contribution in [-0.4, -0.2) is 96.4 Å². The minimum absolute atomic E-state index is 0.00840. The van der Waals surface area contributed by atoms with Gasteiger partial charge in [0.05, 0.1) is 0 Å². The van der Waals surface area contributed by atoms with E-state index in [2.05, 4.69) is 72.2 Å². The van der Waals surface area contributed by atoms with Gasteiger partial charge in [0.25, 0.3) is 0 Å². The van der Waals surface area contributed by atoms with Crippen LogP contribution < -0.4 is 10.6 Å². The number of carbonyl (C=O) groups excluding carboxylic acids is 1. The quantitative estimate of drug-likeness (QED) is 0.341. The molecule has 0 radical (unpaired) electrons. The van der Waals surface area contributed by atoms with Gasteiger partial charge in [-0.25, -0.2) is 0 Å². The predicted molar refractivity (Wildman–Crippen MR) is 158 cm³/mol. The van der Waals surface area contributed by atoms with E-state index in [1.165, 1.54) is 6.42 Å². The van der Waals surface area contributed by atoms with Gasteiger partial charge in [-0.2, -0.15) is 0 Å². The van der Waals surface area contributed by atoms with Crippen LogP contribution in [-0.2, 0) is 4.79 Å². The fraction of sp³-hybridized carbons (Fsp3) is 0.781. The summed E-state index contributed by atoms with van der Waals surface area (Å²) in [6.45, 7) is 17.2. The first-order valence-corrected chi connectivity index (χ1v) is 15.6. The molecule has 0 aromatic carbocycles. The third kappa shape index (κ3) is 6.17. The molecule has 7 heteroatoms. The first-order chi connectivity index (χ1) is 18.6. The number of fused-ring (bicyclic) bond motifs is 1. The zero-order valence-electron chi connectivity index (χ0n) is 25.2. The monoisotopic (exact) mass is 539 g/mol. The van der Waals surface area contributed by atoms with Crippen molar-refractivity contribution in [2.75, 3.05) is 46.3 Å². The van der Waals surface area contributed by atoms with Crippen molar-refractivity contribution < 1.29 is 9.90 Å². The van der Waals surface area contributed by atoms with E-state index in [-0.39, 0.29) is 17.9 Å². The molecule has 2 aliphatic carbocycles. The normalized spacial score (nSPS) is 35.6. The van der Waals surface area contributed by atoms with Gasteiger partial charge in [-0.15, -0.1) is 0 Å². The number of likely N-dealkylation sites (N-methyl/N-ethyl adjacent to an activating group) is 1. The van der Waals surface area contributed by atoms with Gasteiger partial charge >= 0.3 is 0 Å². The number of hydrogen-bond acceptors (Lipinski definition) is 6. The van der Waals surface area contributed by atoms with Crippen molar-refractivity contribution >= 4 is 5.91 Å². The van der Waals surface area contributed by atoms with E-state index in [1.54, 1.807) is 11.3 Å². The molecule has 2 unspecified atom stereocenters. The van der Waals surface area contributed by atoms with Crippen LogP contribution in [0.4, 0.5) is 0 Å². The van der Waals surface area contributed by atoms with Crippen LogP contribution in [0.15, 0.2) is 34.6 Å². The van der Waals surface area contributed by atoms with E-state index in [4.69, 9.17) is 0 Å². The highest BCUT2D eigenvalue weighted by molar-refractivity contribution is 5.95. The predicted octanol–water partition coefficient (Wildman–Crippen LogP) is 3.34. The van der Waals surface area contributed by atoms with Crippen molar-refractivity contribution in [2.45, 2.75) is 91.1 Å². The Morgan fingerprint density at radius 2 is 1.90 bits per heavy atom. The van der Waals surface area contributed by atoms with Crippen molar-refractivity contribution in [2.24, 2.45) is 23.7 Å². The molecule has 39 heavy (non-hydrogen) atoms. The minimum Gasteiger partial charge on any atom is -0.378 e. The minimum atomic E-state index is -0.658. The van der Waals surface area contributed by atoms with Crippen LogP contribution in [0.3, 0.4) is 0 Å². The van der Waals surface area contributed by atoms with Gasteiger partial charge < -0.3 is 20.2 Å². The Morgan fingerprint density at radius 1 is 1.15 bits per heavy atom. The van der Waals surface area contributed by atoms with Gasteiger partial charge in [0.1, 0.15) is 6.23 Å². The second-order valence-electron chi connectivity index (χ2n) is 13.6. The second-order valence-corrected chi connectivity index (χ2v) is 13.6. The van der Waals surface area contributed by atoms with Crippen LogP contribution in [0, 0.1) is 23.7 Å². The van der Waals surface area contributed by atoms with Gasteiger partial charge in [-0.3, -0.25) is 15.0 Å². The lowest BCUT2D eigenvalue weighted by Crippen LogP contribution is -2.49. The number of piperazine rings is 1. The molecule has 3 N–H and O–H groups in total. The van der Waals surface area contributed by atoms with Gasteiger partial charge in [0.15, 0.2) is 0 Å². The van der Waals surface area contributed by atoms with Gasteiger partial charge in [-0.05, 0) is 84.6 Å². The van der Waals surface area contributed by atoms with Crippen molar-refractivity contribution in [1.29, 1.82) is 0 Å². The molecule has 1 amide bonds. The third-order valence-corrected chi connectivity index (χ3v) is 10.4. The van der Waals surface area contributed by atoms with Crippen molar-refractivity contribution in [3.05, 3.63) is 34.6 Å². The highest BCUT2D eigenvalue weighted by Gasteiger charge is 2.48. The highest BCUT2D eigenvalue weighted by Crippen LogP contribution is 2.47. The molecule has 3 heterocycles. The van der Waals surface area contributed by atoms with Crippen LogP contribution in [0.25, 0.3) is 0 Å². The smallest absolute Gasteiger partial charge is 0.248 e. The molecule has 2 fully saturated rings. The van der Waals surface area contributed by atoms with Crippen molar-refractivity contribution in [3.63, 3.8) is 0 Å². The lowest BCUT2D eigenvalue weighted by Gasteiger charge is -2.43. The number of amides is 1. The molecular formula is C32H53N5O2. The van der Waals surface area contributed by atoms with E-state index in [9.17, 15) is 9.90 Å². The van der Waals surface area contributed by atoms with Crippen LogP contribution in [0.2, 0.25) is 0 Å². The fourth-order valence-electron chi connectivity index (χ4n) is 8.20. The topological polar surface area (TPSA) is 71.1 Å². The van der Waals surface area contributed by atoms with Crippen LogP contribution in [0.1, 0.15) is 66.7 Å². The van der Waals surface area contributed by atoms with Gasteiger partial charge in [-0.1, -0.05) is 30.2 Å². The van der Waals surface area contributed by atoms with Crippen molar-refractivity contribution in [1.82, 2.24) is 25.3 Å². The largest absolute Gasteiger partial charge is 0.378 e. The molecule has 0 spiro atoms. The number of hydrogen-bond donors (Lipinski definition) is 3. The van der Waals surface area contributed by atoms with E-state index < -0.39 is 6.23 Å². The summed E-state index contributed by atoms with van der Waals surface area (Å²) in [4.78, 5) is 20.4. The van der Waals surface area contributed by atoms with E-state index in [0.717, 1.165) is 69.6 Å². The molecule has 2 saturated heterocycles. The standard InChI is InChI=1S/C32H53N5O2/c1-20(2)37-19-22(4)30-27(31(38)33-18-28-21(3)15-23(5)34-32(28)39)16-25(17-29(30)37)24-7-9-26(10-8-24)36-13-11-35(6)12-14-36/h9,16,20,22-24,27,29-31,33,38H,7-8,10-15,17-19H2,1-6H3,(H,34,39)/t22?,23-,24-,27-,29+,30?,31-/m1/s1. The molecule has 0 aromatic heterocycles. The summed E-state index contributed by atoms with van der Waals surface area (Å²) in [6.07, 6.45) is 9.81. The maximum absolute atomic E-state index is 12.7. The number of carbonyl (C=O) groups is 1. The lowest BCUT2D eigenvalue weighted by molar-refractivity contribution is -0.118. The number of aliphatic hydroxyl groups is 1. The zero-order valence-corrected chi connectivity index (χ0v) is 25.2. The lowest BCUT2D eigenvalue weighted by atomic mass is 9.69. The highest BCUT2D eigenvalue weighted by atomic mass is 16.3. The van der Waals surface area contributed by atoms with Crippen LogP contribution in [0.5, 0.6) is 0 Å². The Kier molecular flexibility index (Phi) is 8.92. The summed E-state index contributed by atoms with van der Waals surface area (Å²) >= 11 is 0. The third-order valence-electron chi connectivity index (χ3n) is 10.4. The SMILES string of the molecule is CC1=C(CN[C@H](O)[C@@H]2C=C([C@@H]3CC=C(N4CCN(C)CC4)CC3)C[C@H]3C2C(C)CN3C(C)C)C(=O)N[C@H](C)C1. The first-order valence-electron chi connectivity index (χ1n) is 15.6. The summed E-state index contributed by atoms with van der Waals surface area (Å²) in [7, 11) is 2.22. The van der Waals surface area contributed by atoms with Gasteiger partial charge in [0.2, 0.25) is 5.91 Å². The molecule has 0 aromatic rings. The summed E-state index contributed by atoms with van der Waals surface area (Å²) < 4.78 is 0. The molecule has 3 aliphatic heterocycles. The summed E-state index contributed by atoms with van der Waals surface area (Å²) in [6, 6.07) is 1.16. The molecular weight excluding hydrogens is 486 g/mol. The van der Waals surface area contributed by atoms with E-state index in [1.807, 2.05) is 6.92 Å². The van der Waals surface area contributed by atoms with Crippen LogP contribution >= 0.6 is 0 Å². The number of nitrogens with one attached hydrogen (secondary N) is 2. The van der Waals surface area contributed by atoms with Gasteiger partial charge in [0, 0.05) is 74.6 Å². The zero-order chi connectivity index (χ0) is 27.8. The Morgan fingerprint density at radius 3 is 2.54 bits per heavy atom. The average Bonchev–Trinajstić information content (AvgIpc) is 3.24. The Bertz CT molecular complexity index is 995. The maximum Gasteiger partial charge on any atom is 0.248 e. The molecule has 0 saturated carbocycles. The van der Waals surface area contributed by atoms with Crippen molar-refractivity contribution in [3.8, 4) is 0 Å². The second kappa shape index (κ2) is 12.1. The van der Waals surface area contributed by atoms with E-state index >= 15 is 0 Å². The number of nitrogens with zero attached hydrogens (tertiary/aromatic N) is 3. The molecule has 7 nitrogen and oxygen atoms in total. The average molecular weight is 540 g/mol. The molecule has 7 atom stereocenters. The number of rotatable bonds is 7. The summed E-state index contributed by atoms with van der Waals surface area (Å²) in [5.41, 5.74) is 5.03. The molecule has 0 bridgehead atoms. The first kappa shape index (κ1) is 28.8. The van der Waals surface area contributed by atoms with E-state index in [0.29, 0.717) is 36.4 Å².